The number of carbonyl (C=O) groups excluding carboxylic acids is 1. The summed E-state index contributed by atoms with van der Waals surface area (Å²) in [6, 6.07) is 4.69. The molecule has 0 radical (unpaired) electrons. The number of ketones is 1. The van der Waals surface area contributed by atoms with Crippen LogP contribution in [-0.4, -0.2) is 31.1 Å². The summed E-state index contributed by atoms with van der Waals surface area (Å²) in [5.41, 5.74) is 0.254. The quantitative estimate of drug-likeness (QED) is 0.631. The van der Waals surface area contributed by atoms with Crippen molar-refractivity contribution in [3.63, 3.8) is 0 Å². The van der Waals surface area contributed by atoms with Crippen LogP contribution < -0.4 is 9.47 Å². The standard InChI is InChI=1S/C14H18O5/c1-8(2)12(14(16)17)13(15)10-6-5-9(18-3)7-11(10)19-4/h5-8,12H,1-4H3,(H,16,17). The maximum atomic E-state index is 12.3. The fourth-order valence-electron chi connectivity index (χ4n) is 1.87. The molecular weight excluding hydrogens is 248 g/mol. The third-order valence-corrected chi connectivity index (χ3v) is 2.89. The molecule has 0 saturated heterocycles. The summed E-state index contributed by atoms with van der Waals surface area (Å²) in [5.74, 6) is -2.10. The lowest BCUT2D eigenvalue weighted by Crippen LogP contribution is -2.29. The van der Waals surface area contributed by atoms with Gasteiger partial charge in [0.2, 0.25) is 0 Å². The molecule has 0 aliphatic carbocycles. The van der Waals surface area contributed by atoms with Gasteiger partial charge in [-0.3, -0.25) is 9.59 Å². The smallest absolute Gasteiger partial charge is 0.314 e. The van der Waals surface area contributed by atoms with E-state index in [4.69, 9.17) is 14.6 Å². The summed E-state index contributed by atoms with van der Waals surface area (Å²) in [6.45, 7) is 3.40. The van der Waals surface area contributed by atoms with Gasteiger partial charge in [0.25, 0.3) is 0 Å². The minimum atomic E-state index is -1.13. The van der Waals surface area contributed by atoms with E-state index in [-0.39, 0.29) is 11.5 Å². The van der Waals surface area contributed by atoms with E-state index in [9.17, 15) is 9.59 Å². The summed E-state index contributed by atoms with van der Waals surface area (Å²) in [4.78, 5) is 23.5. The van der Waals surface area contributed by atoms with Gasteiger partial charge in [-0.2, -0.15) is 0 Å². The Kier molecular flexibility index (Phi) is 4.92. The molecular formula is C14H18O5. The van der Waals surface area contributed by atoms with E-state index in [0.717, 1.165) is 0 Å². The lowest BCUT2D eigenvalue weighted by atomic mass is 9.87. The van der Waals surface area contributed by atoms with Crippen LogP contribution in [0.15, 0.2) is 18.2 Å². The molecule has 1 aromatic rings. The lowest BCUT2D eigenvalue weighted by molar-refractivity contribution is -0.141. The molecule has 5 nitrogen and oxygen atoms in total. The third kappa shape index (κ3) is 3.24. The van der Waals surface area contributed by atoms with Crippen LogP contribution >= 0.6 is 0 Å². The first-order valence-corrected chi connectivity index (χ1v) is 5.91. The SMILES string of the molecule is COc1ccc(C(=O)C(C(=O)O)C(C)C)c(OC)c1. The molecule has 1 unspecified atom stereocenters. The molecule has 0 amide bonds. The van der Waals surface area contributed by atoms with Crippen LogP contribution in [0.4, 0.5) is 0 Å². The average Bonchev–Trinajstić information content (AvgIpc) is 2.36. The van der Waals surface area contributed by atoms with Crippen molar-refractivity contribution in [1.82, 2.24) is 0 Å². The van der Waals surface area contributed by atoms with E-state index in [1.54, 1.807) is 26.0 Å². The number of hydrogen-bond donors (Lipinski definition) is 1. The Labute approximate surface area is 112 Å². The molecule has 5 heteroatoms. The predicted molar refractivity (Wildman–Crippen MR) is 69.8 cm³/mol. The minimum absolute atomic E-state index is 0.254. The average molecular weight is 266 g/mol. The zero-order valence-corrected chi connectivity index (χ0v) is 11.5. The highest BCUT2D eigenvalue weighted by Crippen LogP contribution is 2.28. The summed E-state index contributed by atoms with van der Waals surface area (Å²) < 4.78 is 10.2. The van der Waals surface area contributed by atoms with Crippen LogP contribution in [0, 0.1) is 11.8 Å². The van der Waals surface area contributed by atoms with Gasteiger partial charge in [-0.25, -0.2) is 0 Å². The molecule has 19 heavy (non-hydrogen) atoms. The Bertz CT molecular complexity index is 479. The third-order valence-electron chi connectivity index (χ3n) is 2.89. The number of carboxylic acids is 1. The molecule has 0 saturated carbocycles. The molecule has 0 heterocycles. The molecule has 1 N–H and O–H groups in total. The highest BCUT2D eigenvalue weighted by atomic mass is 16.5. The Morgan fingerprint density at radius 1 is 1.16 bits per heavy atom. The maximum Gasteiger partial charge on any atom is 0.314 e. The number of benzene rings is 1. The van der Waals surface area contributed by atoms with E-state index in [2.05, 4.69) is 0 Å². The van der Waals surface area contributed by atoms with Crippen LogP contribution in [0.5, 0.6) is 11.5 Å². The molecule has 0 aliphatic rings. The highest BCUT2D eigenvalue weighted by molar-refractivity contribution is 6.09. The van der Waals surface area contributed by atoms with Gasteiger partial charge in [0.05, 0.1) is 19.8 Å². The van der Waals surface area contributed by atoms with Gasteiger partial charge in [0, 0.05) is 6.07 Å². The van der Waals surface area contributed by atoms with Gasteiger partial charge in [0.1, 0.15) is 17.4 Å². The van der Waals surface area contributed by atoms with Gasteiger partial charge in [-0.1, -0.05) is 13.8 Å². The Hall–Kier alpha value is -2.04. The van der Waals surface area contributed by atoms with Crippen molar-refractivity contribution < 1.29 is 24.2 Å². The fraction of sp³-hybridized carbons (Fsp3) is 0.429. The predicted octanol–water partition coefficient (Wildman–Crippen LogP) is 2.24. The van der Waals surface area contributed by atoms with Crippen molar-refractivity contribution in [2.45, 2.75) is 13.8 Å². The molecule has 1 rings (SSSR count). The van der Waals surface area contributed by atoms with Crippen LogP contribution in [0.1, 0.15) is 24.2 Å². The van der Waals surface area contributed by atoms with Gasteiger partial charge in [-0.15, -0.1) is 0 Å². The van der Waals surface area contributed by atoms with Crippen molar-refractivity contribution in [1.29, 1.82) is 0 Å². The number of carboxylic acid groups (broad SMARTS) is 1. The molecule has 104 valence electrons. The fourth-order valence-corrected chi connectivity index (χ4v) is 1.87. The first-order chi connectivity index (χ1) is 8.92. The summed E-state index contributed by atoms with van der Waals surface area (Å²) in [6.07, 6.45) is 0. The first kappa shape index (κ1) is 15.0. The molecule has 0 fully saturated rings. The van der Waals surface area contributed by atoms with Gasteiger partial charge in [-0.05, 0) is 18.1 Å². The molecule has 1 atom stereocenters. The van der Waals surface area contributed by atoms with Crippen molar-refractivity contribution in [3.8, 4) is 11.5 Å². The number of rotatable bonds is 6. The van der Waals surface area contributed by atoms with Crippen molar-refractivity contribution in [2.75, 3.05) is 14.2 Å². The van der Waals surface area contributed by atoms with Crippen molar-refractivity contribution in [3.05, 3.63) is 23.8 Å². The van der Waals surface area contributed by atoms with Gasteiger partial charge < -0.3 is 14.6 Å². The zero-order valence-electron chi connectivity index (χ0n) is 11.5. The Morgan fingerprint density at radius 2 is 1.79 bits per heavy atom. The van der Waals surface area contributed by atoms with E-state index >= 15 is 0 Å². The lowest BCUT2D eigenvalue weighted by Gasteiger charge is -2.17. The monoisotopic (exact) mass is 266 g/mol. The summed E-state index contributed by atoms with van der Waals surface area (Å²) in [5, 5.41) is 9.15. The number of ether oxygens (including phenoxy) is 2. The van der Waals surface area contributed by atoms with Crippen LogP contribution in [-0.2, 0) is 4.79 Å². The van der Waals surface area contributed by atoms with Crippen LogP contribution in [0.2, 0.25) is 0 Å². The van der Waals surface area contributed by atoms with Crippen LogP contribution in [0.25, 0.3) is 0 Å². The molecule has 0 aliphatic heterocycles. The molecule has 0 aromatic heterocycles. The number of methoxy groups -OCH3 is 2. The van der Waals surface area contributed by atoms with Gasteiger partial charge >= 0.3 is 5.97 Å². The van der Waals surface area contributed by atoms with E-state index in [1.807, 2.05) is 0 Å². The minimum Gasteiger partial charge on any atom is -0.497 e. The Balaban J connectivity index is 3.21. The summed E-state index contributed by atoms with van der Waals surface area (Å²) >= 11 is 0. The largest absolute Gasteiger partial charge is 0.497 e. The second-order valence-electron chi connectivity index (χ2n) is 4.49. The van der Waals surface area contributed by atoms with Crippen molar-refractivity contribution in [2.24, 2.45) is 11.8 Å². The van der Waals surface area contributed by atoms with Crippen molar-refractivity contribution >= 4 is 11.8 Å². The normalized spacial score (nSPS) is 12.1. The van der Waals surface area contributed by atoms with Crippen LogP contribution in [0.3, 0.4) is 0 Å². The van der Waals surface area contributed by atoms with E-state index in [1.165, 1.54) is 20.3 Å². The topological polar surface area (TPSA) is 72.8 Å². The molecule has 0 spiro atoms. The van der Waals surface area contributed by atoms with Gasteiger partial charge in [0.15, 0.2) is 5.78 Å². The van der Waals surface area contributed by atoms with E-state index in [0.29, 0.717) is 11.5 Å². The maximum absolute atomic E-state index is 12.3. The number of carbonyl (C=O) groups is 2. The second kappa shape index (κ2) is 6.22. The second-order valence-corrected chi connectivity index (χ2v) is 4.49. The number of hydrogen-bond acceptors (Lipinski definition) is 4. The first-order valence-electron chi connectivity index (χ1n) is 5.91. The Morgan fingerprint density at radius 3 is 2.21 bits per heavy atom. The molecule has 0 bridgehead atoms. The van der Waals surface area contributed by atoms with E-state index < -0.39 is 17.7 Å². The molecule has 1 aromatic carbocycles. The number of Topliss-reactive ketones (excluding diaryl/α,β-unsaturated/α-hetero) is 1. The zero-order chi connectivity index (χ0) is 14.6. The summed E-state index contributed by atoms with van der Waals surface area (Å²) in [7, 11) is 2.93. The highest BCUT2D eigenvalue weighted by Gasteiger charge is 2.32. The number of aliphatic carboxylic acids is 1.